The number of thiophene rings is 1. The summed E-state index contributed by atoms with van der Waals surface area (Å²) in [6.07, 6.45) is 3.51. The fourth-order valence-corrected chi connectivity index (χ4v) is 3.13. The Balaban J connectivity index is 1.81. The van der Waals surface area contributed by atoms with Gasteiger partial charge in [-0.1, -0.05) is 24.3 Å². The highest BCUT2D eigenvalue weighted by Crippen LogP contribution is 2.22. The molecule has 0 radical (unpaired) electrons. The number of Topliss-reactive ketones (excluding diaryl/α,β-unsaturated/α-hetero) is 1. The van der Waals surface area contributed by atoms with E-state index in [1.807, 2.05) is 36.7 Å². The number of fused-ring (bicyclic) bond motifs is 1. The molecule has 0 unspecified atom stereocenters. The molecule has 3 aromatic rings. The Morgan fingerprint density at radius 2 is 2.05 bits per heavy atom. The van der Waals surface area contributed by atoms with Crippen LogP contribution in [0.5, 0.6) is 0 Å². The van der Waals surface area contributed by atoms with Crippen molar-refractivity contribution in [3.8, 4) is 0 Å². The normalized spacial score (nSPS) is 11.0. The fraction of sp³-hybridized carbons (Fsp3) is 0.188. The Hall–Kier alpha value is -1.87. The highest BCUT2D eigenvalue weighted by Gasteiger charge is 2.10. The molecule has 1 aromatic carbocycles. The summed E-state index contributed by atoms with van der Waals surface area (Å²) in [6.45, 7) is 0. The predicted octanol–water partition coefficient (Wildman–Crippen LogP) is 4.06. The summed E-state index contributed by atoms with van der Waals surface area (Å²) in [5.74, 6) is 0.239. The van der Waals surface area contributed by atoms with Crippen molar-refractivity contribution in [2.75, 3.05) is 0 Å². The monoisotopic (exact) mass is 269 g/mol. The molecule has 96 valence electrons. The summed E-state index contributed by atoms with van der Waals surface area (Å²) in [7, 11) is 2.05. The first-order valence-electron chi connectivity index (χ1n) is 6.35. The van der Waals surface area contributed by atoms with Crippen LogP contribution in [0.2, 0.25) is 0 Å². The number of aryl methyl sites for hydroxylation is 2. The summed E-state index contributed by atoms with van der Waals surface area (Å²) in [4.78, 5) is 12.9. The van der Waals surface area contributed by atoms with Gasteiger partial charge >= 0.3 is 0 Å². The Kier molecular flexibility index (Phi) is 3.22. The van der Waals surface area contributed by atoms with Crippen molar-refractivity contribution < 1.29 is 4.79 Å². The zero-order chi connectivity index (χ0) is 13.2. The lowest BCUT2D eigenvalue weighted by Crippen LogP contribution is -1.98. The van der Waals surface area contributed by atoms with Crippen LogP contribution in [-0.4, -0.2) is 10.4 Å². The third-order valence-corrected chi connectivity index (χ3v) is 4.31. The Morgan fingerprint density at radius 1 is 1.21 bits per heavy atom. The molecule has 2 heterocycles. The van der Waals surface area contributed by atoms with Crippen molar-refractivity contribution in [1.82, 2.24) is 4.57 Å². The number of carbonyl (C=O) groups is 1. The van der Waals surface area contributed by atoms with Gasteiger partial charge in [-0.25, -0.2) is 0 Å². The van der Waals surface area contributed by atoms with Crippen LogP contribution in [0.1, 0.15) is 21.7 Å². The number of rotatable bonds is 4. The van der Waals surface area contributed by atoms with Gasteiger partial charge in [0.2, 0.25) is 0 Å². The van der Waals surface area contributed by atoms with Crippen LogP contribution in [-0.2, 0) is 13.5 Å². The second kappa shape index (κ2) is 5.02. The van der Waals surface area contributed by atoms with E-state index in [0.29, 0.717) is 6.42 Å². The maximum atomic E-state index is 12.0. The molecule has 0 spiro atoms. The molecule has 3 rings (SSSR count). The summed E-state index contributed by atoms with van der Waals surface area (Å²) in [5, 5.41) is 3.20. The smallest absolute Gasteiger partial charge is 0.173 e. The maximum absolute atomic E-state index is 12.0. The maximum Gasteiger partial charge on any atom is 0.173 e. The average molecular weight is 269 g/mol. The van der Waals surface area contributed by atoms with Crippen LogP contribution in [0.4, 0.5) is 0 Å². The quantitative estimate of drug-likeness (QED) is 0.655. The van der Waals surface area contributed by atoms with E-state index in [0.717, 1.165) is 11.3 Å². The van der Waals surface area contributed by atoms with Gasteiger partial charge in [0, 0.05) is 30.6 Å². The van der Waals surface area contributed by atoms with Crippen LogP contribution >= 0.6 is 11.3 Å². The van der Waals surface area contributed by atoms with Crippen molar-refractivity contribution in [2.45, 2.75) is 12.8 Å². The van der Waals surface area contributed by atoms with Gasteiger partial charge in [0.05, 0.1) is 4.88 Å². The molecular weight excluding hydrogens is 254 g/mol. The van der Waals surface area contributed by atoms with Gasteiger partial charge in [-0.15, -0.1) is 11.3 Å². The number of hydrogen-bond donors (Lipinski definition) is 0. The number of aromatic nitrogens is 1. The molecule has 3 heteroatoms. The van der Waals surface area contributed by atoms with E-state index >= 15 is 0 Å². The van der Waals surface area contributed by atoms with Crippen molar-refractivity contribution in [1.29, 1.82) is 0 Å². The average Bonchev–Trinajstić information content (AvgIpc) is 3.06. The van der Waals surface area contributed by atoms with Gasteiger partial charge < -0.3 is 4.57 Å². The van der Waals surface area contributed by atoms with Crippen molar-refractivity contribution in [2.24, 2.45) is 7.05 Å². The second-order valence-electron chi connectivity index (χ2n) is 4.68. The van der Waals surface area contributed by atoms with Crippen molar-refractivity contribution in [3.63, 3.8) is 0 Å². The zero-order valence-electron chi connectivity index (χ0n) is 10.8. The van der Waals surface area contributed by atoms with Gasteiger partial charge in [-0.2, -0.15) is 0 Å². The first kappa shape index (κ1) is 12.2. The number of carbonyl (C=O) groups excluding carboxylic acids is 1. The lowest BCUT2D eigenvalue weighted by Gasteiger charge is -1.98. The van der Waals surface area contributed by atoms with E-state index in [4.69, 9.17) is 0 Å². The molecule has 0 aliphatic carbocycles. The molecule has 0 atom stereocenters. The number of para-hydroxylation sites is 1. The minimum Gasteiger partial charge on any atom is -0.350 e. The fourth-order valence-electron chi connectivity index (χ4n) is 2.43. The van der Waals surface area contributed by atoms with Crippen LogP contribution in [0.25, 0.3) is 10.9 Å². The molecule has 0 bridgehead atoms. The molecule has 19 heavy (non-hydrogen) atoms. The molecule has 2 aromatic heterocycles. The van der Waals surface area contributed by atoms with Crippen LogP contribution in [0.15, 0.2) is 48.0 Å². The molecule has 0 saturated heterocycles. The summed E-state index contributed by atoms with van der Waals surface area (Å²) in [6, 6.07) is 12.2. The number of benzene rings is 1. The molecular formula is C16H15NOS. The van der Waals surface area contributed by atoms with Gasteiger partial charge in [-0.3, -0.25) is 4.79 Å². The Morgan fingerprint density at radius 3 is 2.84 bits per heavy atom. The third kappa shape index (κ3) is 2.34. The number of hydrogen-bond acceptors (Lipinski definition) is 2. The molecule has 0 aliphatic rings. The Labute approximate surface area is 116 Å². The van der Waals surface area contributed by atoms with Gasteiger partial charge in [-0.05, 0) is 29.5 Å². The van der Waals surface area contributed by atoms with Gasteiger partial charge in [0.25, 0.3) is 0 Å². The van der Waals surface area contributed by atoms with Crippen molar-refractivity contribution in [3.05, 3.63) is 58.4 Å². The molecule has 0 amide bonds. The second-order valence-corrected chi connectivity index (χ2v) is 5.63. The van der Waals surface area contributed by atoms with E-state index in [2.05, 4.69) is 22.9 Å². The van der Waals surface area contributed by atoms with Gasteiger partial charge in [0.1, 0.15) is 0 Å². The summed E-state index contributed by atoms with van der Waals surface area (Å²) in [5.41, 5.74) is 2.48. The summed E-state index contributed by atoms with van der Waals surface area (Å²) >= 11 is 1.52. The largest absolute Gasteiger partial charge is 0.350 e. The minimum atomic E-state index is 0.239. The summed E-state index contributed by atoms with van der Waals surface area (Å²) < 4.78 is 2.13. The van der Waals surface area contributed by atoms with E-state index in [9.17, 15) is 4.79 Å². The van der Waals surface area contributed by atoms with Crippen LogP contribution < -0.4 is 0 Å². The zero-order valence-corrected chi connectivity index (χ0v) is 11.6. The first-order valence-corrected chi connectivity index (χ1v) is 7.23. The number of ketones is 1. The molecule has 2 nitrogen and oxygen atoms in total. The minimum absolute atomic E-state index is 0.239. The van der Waals surface area contributed by atoms with Crippen LogP contribution in [0, 0.1) is 0 Å². The standard InChI is InChI=1S/C16H15NOS/c1-17-11-12(13-5-2-3-6-14(13)17)8-9-15(18)16-7-4-10-19-16/h2-7,10-11H,8-9H2,1H3. The highest BCUT2D eigenvalue weighted by atomic mass is 32.1. The van der Waals surface area contributed by atoms with E-state index < -0.39 is 0 Å². The SMILES string of the molecule is Cn1cc(CCC(=O)c2cccs2)c2ccccc21. The Bertz CT molecular complexity index is 710. The molecule has 0 fully saturated rings. The lowest BCUT2D eigenvalue weighted by molar-refractivity contribution is 0.0987. The highest BCUT2D eigenvalue weighted by molar-refractivity contribution is 7.12. The van der Waals surface area contributed by atoms with E-state index in [1.54, 1.807) is 0 Å². The molecule has 0 saturated carbocycles. The van der Waals surface area contributed by atoms with Crippen molar-refractivity contribution >= 4 is 28.0 Å². The van der Waals surface area contributed by atoms with Gasteiger partial charge in [0.15, 0.2) is 5.78 Å². The third-order valence-electron chi connectivity index (χ3n) is 3.40. The van der Waals surface area contributed by atoms with E-state index in [-0.39, 0.29) is 5.78 Å². The molecule has 0 N–H and O–H groups in total. The van der Waals surface area contributed by atoms with Crippen LogP contribution in [0.3, 0.4) is 0 Å². The first-order chi connectivity index (χ1) is 9.25. The lowest BCUT2D eigenvalue weighted by atomic mass is 10.1. The number of nitrogens with zero attached hydrogens (tertiary/aromatic N) is 1. The van der Waals surface area contributed by atoms with E-state index in [1.165, 1.54) is 27.8 Å². The predicted molar refractivity (Wildman–Crippen MR) is 79.9 cm³/mol. The topological polar surface area (TPSA) is 22.0 Å². The molecule has 0 aliphatic heterocycles.